The molecule has 0 spiro atoms. The van der Waals surface area contributed by atoms with Crippen molar-refractivity contribution in [2.24, 2.45) is 0 Å². The van der Waals surface area contributed by atoms with Gasteiger partial charge in [-0.25, -0.2) is 4.79 Å². The Morgan fingerprint density at radius 1 is 1.10 bits per heavy atom. The molecule has 0 radical (unpaired) electrons. The summed E-state index contributed by atoms with van der Waals surface area (Å²) in [7, 11) is 3.98. The highest BCUT2D eigenvalue weighted by Crippen LogP contribution is 2.31. The second-order valence-electron chi connectivity index (χ2n) is 7.22. The minimum Gasteiger partial charge on any atom is -0.378 e. The molecular formula is C24H27N3O2. The van der Waals surface area contributed by atoms with Crippen molar-refractivity contribution in [2.45, 2.75) is 19.9 Å². The van der Waals surface area contributed by atoms with Crippen LogP contribution in [-0.4, -0.2) is 37.4 Å². The van der Waals surface area contributed by atoms with Gasteiger partial charge in [0.2, 0.25) is 0 Å². The van der Waals surface area contributed by atoms with Gasteiger partial charge in [0.1, 0.15) is 0 Å². The van der Waals surface area contributed by atoms with E-state index in [1.54, 1.807) is 11.0 Å². The van der Waals surface area contributed by atoms with Crippen LogP contribution in [0.25, 0.3) is 6.08 Å². The Labute approximate surface area is 172 Å². The van der Waals surface area contributed by atoms with Crippen molar-refractivity contribution in [1.82, 2.24) is 10.2 Å². The average molecular weight is 389 g/mol. The SMILES string of the molecule is CCN1C(=O)N[C@H](c2ccccc2)C(C(=O)/C=C/c2ccc(N(C)C)cc2)=C1C. The zero-order valence-electron chi connectivity index (χ0n) is 17.3. The van der Waals surface area contributed by atoms with E-state index in [1.807, 2.05) is 93.5 Å². The van der Waals surface area contributed by atoms with Gasteiger partial charge in [0.05, 0.1) is 6.04 Å². The van der Waals surface area contributed by atoms with Crippen molar-refractivity contribution in [2.75, 3.05) is 25.5 Å². The highest BCUT2D eigenvalue weighted by Gasteiger charge is 2.33. The zero-order valence-corrected chi connectivity index (χ0v) is 17.3. The second-order valence-corrected chi connectivity index (χ2v) is 7.22. The number of carbonyl (C=O) groups excluding carboxylic acids is 2. The molecule has 0 aromatic heterocycles. The van der Waals surface area contributed by atoms with Crippen LogP contribution in [0, 0.1) is 0 Å². The number of hydrogen-bond donors (Lipinski definition) is 1. The van der Waals surface area contributed by atoms with Crippen molar-refractivity contribution < 1.29 is 9.59 Å². The lowest BCUT2D eigenvalue weighted by atomic mass is 9.91. The van der Waals surface area contributed by atoms with Crippen LogP contribution in [0.3, 0.4) is 0 Å². The van der Waals surface area contributed by atoms with Crippen molar-refractivity contribution in [3.63, 3.8) is 0 Å². The third kappa shape index (κ3) is 4.40. The van der Waals surface area contributed by atoms with Gasteiger partial charge in [-0.2, -0.15) is 0 Å². The van der Waals surface area contributed by atoms with Crippen molar-refractivity contribution in [3.05, 3.63) is 83.1 Å². The molecule has 1 aliphatic rings. The van der Waals surface area contributed by atoms with Gasteiger partial charge in [-0.1, -0.05) is 48.5 Å². The molecule has 0 aliphatic carbocycles. The van der Waals surface area contributed by atoms with Crippen LogP contribution in [-0.2, 0) is 4.79 Å². The minimum absolute atomic E-state index is 0.105. The molecular weight excluding hydrogens is 362 g/mol. The quantitative estimate of drug-likeness (QED) is 0.745. The molecule has 1 heterocycles. The van der Waals surface area contributed by atoms with E-state index >= 15 is 0 Å². The van der Waals surface area contributed by atoms with Crippen molar-refractivity contribution in [3.8, 4) is 0 Å². The summed E-state index contributed by atoms with van der Waals surface area (Å²) >= 11 is 0. The monoisotopic (exact) mass is 389 g/mol. The molecule has 1 N–H and O–H groups in total. The first-order valence-corrected chi connectivity index (χ1v) is 9.76. The Kier molecular flexibility index (Phi) is 6.17. The average Bonchev–Trinajstić information content (AvgIpc) is 2.73. The predicted molar refractivity (Wildman–Crippen MR) is 118 cm³/mol. The summed E-state index contributed by atoms with van der Waals surface area (Å²) in [5.74, 6) is -0.105. The molecule has 1 atom stereocenters. The number of benzene rings is 2. The summed E-state index contributed by atoms with van der Waals surface area (Å²) in [5.41, 5.74) is 4.24. The lowest BCUT2D eigenvalue weighted by Gasteiger charge is -2.35. The summed E-state index contributed by atoms with van der Waals surface area (Å²) in [6.45, 7) is 4.24. The summed E-state index contributed by atoms with van der Waals surface area (Å²) in [4.78, 5) is 29.3. The summed E-state index contributed by atoms with van der Waals surface area (Å²) in [6.07, 6.45) is 3.40. The van der Waals surface area contributed by atoms with Gasteiger partial charge < -0.3 is 10.2 Å². The minimum atomic E-state index is -0.459. The summed E-state index contributed by atoms with van der Waals surface area (Å²) in [6, 6.07) is 16.9. The fourth-order valence-corrected chi connectivity index (χ4v) is 3.52. The molecule has 0 unspecified atom stereocenters. The standard InChI is InChI=1S/C24H27N3O2/c1-5-27-17(2)22(23(25-24(27)29)19-9-7-6-8-10-19)21(28)16-13-18-11-14-20(15-12-18)26(3)4/h6-16,23H,5H2,1-4H3,(H,25,29)/b16-13+/t23-/m1/s1. The van der Waals surface area contributed by atoms with E-state index in [0.29, 0.717) is 17.8 Å². The molecule has 29 heavy (non-hydrogen) atoms. The first-order valence-electron chi connectivity index (χ1n) is 9.76. The number of urea groups is 1. The molecule has 2 amide bonds. The zero-order chi connectivity index (χ0) is 21.0. The van der Waals surface area contributed by atoms with Gasteiger partial charge in [-0.05, 0) is 43.2 Å². The lowest BCUT2D eigenvalue weighted by molar-refractivity contribution is -0.111. The molecule has 5 heteroatoms. The Balaban J connectivity index is 1.93. The fraction of sp³-hybridized carbons (Fsp3) is 0.250. The van der Waals surface area contributed by atoms with E-state index in [1.165, 1.54) is 0 Å². The van der Waals surface area contributed by atoms with Gasteiger partial charge in [-0.3, -0.25) is 9.69 Å². The molecule has 5 nitrogen and oxygen atoms in total. The van der Waals surface area contributed by atoms with Gasteiger partial charge in [0.25, 0.3) is 0 Å². The van der Waals surface area contributed by atoms with Gasteiger partial charge in [0, 0.05) is 37.6 Å². The van der Waals surface area contributed by atoms with Crippen LogP contribution >= 0.6 is 0 Å². The third-order valence-electron chi connectivity index (χ3n) is 5.15. The number of rotatable bonds is 6. The number of ketones is 1. The number of anilines is 1. The van der Waals surface area contributed by atoms with Crippen LogP contribution in [0.1, 0.15) is 31.0 Å². The summed E-state index contributed by atoms with van der Waals surface area (Å²) < 4.78 is 0. The van der Waals surface area contributed by atoms with E-state index in [9.17, 15) is 9.59 Å². The highest BCUT2D eigenvalue weighted by molar-refractivity contribution is 6.09. The maximum absolute atomic E-state index is 13.2. The number of hydrogen-bond acceptors (Lipinski definition) is 3. The molecule has 0 saturated heterocycles. The van der Waals surface area contributed by atoms with E-state index in [4.69, 9.17) is 0 Å². The number of amides is 2. The second kappa shape index (κ2) is 8.78. The summed E-state index contributed by atoms with van der Waals surface area (Å²) in [5, 5.41) is 2.98. The Bertz CT molecular complexity index is 944. The molecule has 3 rings (SSSR count). The molecule has 2 aromatic rings. The fourth-order valence-electron chi connectivity index (χ4n) is 3.52. The third-order valence-corrected chi connectivity index (χ3v) is 5.15. The Morgan fingerprint density at radius 2 is 1.76 bits per heavy atom. The van der Waals surface area contributed by atoms with Crippen LogP contribution in [0.5, 0.6) is 0 Å². The van der Waals surface area contributed by atoms with Crippen LogP contribution in [0.2, 0.25) is 0 Å². The maximum Gasteiger partial charge on any atom is 0.322 e. The van der Waals surface area contributed by atoms with Crippen molar-refractivity contribution in [1.29, 1.82) is 0 Å². The molecule has 1 aliphatic heterocycles. The molecule has 2 aromatic carbocycles. The largest absolute Gasteiger partial charge is 0.378 e. The van der Waals surface area contributed by atoms with Gasteiger partial charge >= 0.3 is 6.03 Å². The molecule has 0 saturated carbocycles. The number of nitrogens with zero attached hydrogens (tertiary/aromatic N) is 2. The molecule has 150 valence electrons. The first kappa shape index (κ1) is 20.4. The maximum atomic E-state index is 13.2. The number of nitrogens with one attached hydrogen (secondary N) is 1. The topological polar surface area (TPSA) is 52.7 Å². The van der Waals surface area contributed by atoms with E-state index in [-0.39, 0.29) is 11.8 Å². The van der Waals surface area contributed by atoms with Gasteiger partial charge in [-0.15, -0.1) is 0 Å². The normalized spacial score (nSPS) is 16.9. The van der Waals surface area contributed by atoms with E-state index in [0.717, 1.165) is 16.8 Å². The first-order chi connectivity index (χ1) is 13.9. The van der Waals surface area contributed by atoms with Crippen molar-refractivity contribution >= 4 is 23.6 Å². The van der Waals surface area contributed by atoms with Gasteiger partial charge in [0.15, 0.2) is 5.78 Å². The molecule has 0 fully saturated rings. The smallest absolute Gasteiger partial charge is 0.322 e. The van der Waals surface area contributed by atoms with Crippen LogP contribution < -0.4 is 10.2 Å². The van der Waals surface area contributed by atoms with E-state index < -0.39 is 6.04 Å². The highest BCUT2D eigenvalue weighted by atomic mass is 16.2. The number of allylic oxidation sites excluding steroid dienone is 2. The Hall–Kier alpha value is -3.34. The number of carbonyl (C=O) groups is 2. The van der Waals surface area contributed by atoms with Crippen LogP contribution in [0.15, 0.2) is 71.9 Å². The Morgan fingerprint density at radius 3 is 2.34 bits per heavy atom. The van der Waals surface area contributed by atoms with E-state index in [2.05, 4.69) is 5.32 Å². The predicted octanol–water partition coefficient (Wildman–Crippen LogP) is 4.40. The van der Waals surface area contributed by atoms with Crippen LogP contribution in [0.4, 0.5) is 10.5 Å². The lowest BCUT2D eigenvalue weighted by Crippen LogP contribution is -2.47. The molecule has 0 bridgehead atoms.